The highest BCUT2D eigenvalue weighted by atomic mass is 17.1. The van der Waals surface area contributed by atoms with E-state index in [0.29, 0.717) is 23.7 Å². The molecule has 6 nitrogen and oxygen atoms in total. The van der Waals surface area contributed by atoms with E-state index in [0.717, 1.165) is 25.2 Å². The van der Waals surface area contributed by atoms with Crippen LogP contribution in [0.4, 0.5) is 0 Å². The fourth-order valence-corrected chi connectivity index (χ4v) is 9.76. The lowest BCUT2D eigenvalue weighted by atomic mass is 9.43. The molecule has 9 unspecified atom stereocenters. The summed E-state index contributed by atoms with van der Waals surface area (Å²) >= 11 is 0. The van der Waals surface area contributed by atoms with Gasteiger partial charge in [0, 0.05) is 6.07 Å². The molecule has 194 valence electrons. The second kappa shape index (κ2) is 8.72. The molecule has 0 aromatic carbocycles. The zero-order valence-corrected chi connectivity index (χ0v) is 21.8. The van der Waals surface area contributed by atoms with E-state index in [9.17, 15) is 9.59 Å². The lowest BCUT2D eigenvalue weighted by molar-refractivity contribution is -0.245. The van der Waals surface area contributed by atoms with Crippen LogP contribution in [0.1, 0.15) is 97.0 Å². The predicted molar refractivity (Wildman–Crippen MR) is 133 cm³/mol. The fraction of sp³-hybridized carbons (Fsp3) is 0.793. The summed E-state index contributed by atoms with van der Waals surface area (Å²) in [7, 11) is 0. The third-order valence-corrected chi connectivity index (χ3v) is 11.9. The Labute approximate surface area is 208 Å². The van der Waals surface area contributed by atoms with Crippen LogP contribution in [0.5, 0.6) is 0 Å². The fourth-order valence-electron chi connectivity index (χ4n) is 9.76. The minimum absolute atomic E-state index is 0.0363. The molecule has 1 heterocycles. The van der Waals surface area contributed by atoms with E-state index in [1.165, 1.54) is 44.1 Å². The molecule has 35 heavy (non-hydrogen) atoms. The van der Waals surface area contributed by atoms with Crippen LogP contribution in [0.3, 0.4) is 0 Å². The predicted octanol–water partition coefficient (Wildman–Crippen LogP) is 5.75. The zero-order chi connectivity index (χ0) is 25.2. The molecule has 4 saturated carbocycles. The van der Waals surface area contributed by atoms with Gasteiger partial charge in [-0.25, -0.2) is 9.59 Å². The number of carbonyl (C=O) groups excluding carboxylic acids is 1. The molecule has 1 aromatic heterocycles. The molecule has 6 heteroatoms. The number of carbonyl (C=O) groups is 1. The first-order valence-electron chi connectivity index (χ1n) is 13.8. The first-order chi connectivity index (χ1) is 16.6. The molecule has 4 fully saturated rings. The molecule has 1 aromatic rings. The summed E-state index contributed by atoms with van der Waals surface area (Å²) < 4.78 is 5.25. The molecule has 9 atom stereocenters. The van der Waals surface area contributed by atoms with E-state index < -0.39 is 11.5 Å². The van der Waals surface area contributed by atoms with Gasteiger partial charge in [-0.15, -0.1) is 0 Å². The molecule has 0 saturated heterocycles. The zero-order valence-electron chi connectivity index (χ0n) is 21.8. The summed E-state index contributed by atoms with van der Waals surface area (Å²) in [5.41, 5.74) is 6.99. The van der Waals surface area contributed by atoms with Gasteiger partial charge in [0.15, 0.2) is 0 Å². The van der Waals surface area contributed by atoms with Crippen LogP contribution < -0.4 is 11.4 Å². The van der Waals surface area contributed by atoms with Gasteiger partial charge < -0.3 is 10.2 Å². The van der Waals surface area contributed by atoms with E-state index in [1.54, 1.807) is 12.3 Å². The van der Waals surface area contributed by atoms with Crippen LogP contribution in [0.15, 0.2) is 27.6 Å². The molecular formula is C29H43NO5. The highest BCUT2D eigenvalue weighted by Gasteiger charge is 2.61. The Bertz CT molecular complexity index is 1000. The maximum absolute atomic E-state index is 12.5. The van der Waals surface area contributed by atoms with Crippen LogP contribution >= 0.6 is 0 Å². The molecule has 5 rings (SSSR count). The van der Waals surface area contributed by atoms with Crippen molar-refractivity contribution in [1.29, 1.82) is 0 Å². The van der Waals surface area contributed by atoms with E-state index in [-0.39, 0.29) is 28.3 Å². The van der Waals surface area contributed by atoms with Crippen molar-refractivity contribution in [1.82, 2.24) is 0 Å². The Morgan fingerprint density at radius 1 is 1.09 bits per heavy atom. The second-order valence-electron chi connectivity index (χ2n) is 13.2. The largest absolute Gasteiger partial charge is 0.431 e. The third kappa shape index (κ3) is 3.65. The van der Waals surface area contributed by atoms with Gasteiger partial charge in [0.05, 0.1) is 6.26 Å². The van der Waals surface area contributed by atoms with E-state index >= 15 is 0 Å². The Hall–Kier alpha value is -1.66. The number of nitrogens with two attached hydrogens (primary N) is 1. The first kappa shape index (κ1) is 25.0. The van der Waals surface area contributed by atoms with Gasteiger partial charge in [-0.3, -0.25) is 4.89 Å². The third-order valence-electron chi connectivity index (χ3n) is 11.9. The van der Waals surface area contributed by atoms with Crippen molar-refractivity contribution in [2.45, 2.75) is 96.9 Å². The molecule has 0 amide bonds. The molecule has 0 radical (unpaired) electrons. The summed E-state index contributed by atoms with van der Waals surface area (Å²) in [5, 5.41) is 9.17. The Balaban J connectivity index is 1.36. The molecule has 4 aliphatic rings. The van der Waals surface area contributed by atoms with Gasteiger partial charge in [0.25, 0.3) is 0 Å². The average molecular weight is 486 g/mol. The van der Waals surface area contributed by atoms with Gasteiger partial charge in [0.2, 0.25) is 0 Å². The smallest absolute Gasteiger partial charge is 0.362 e. The summed E-state index contributed by atoms with van der Waals surface area (Å²) in [6.45, 7) is 8.92. The Kier molecular flexibility index (Phi) is 6.23. The lowest BCUT2D eigenvalue weighted by Crippen LogP contribution is -2.62. The van der Waals surface area contributed by atoms with Crippen molar-refractivity contribution < 1.29 is 19.4 Å². The van der Waals surface area contributed by atoms with Crippen molar-refractivity contribution in [3.05, 3.63) is 34.4 Å². The van der Waals surface area contributed by atoms with Crippen LogP contribution in [-0.4, -0.2) is 16.8 Å². The van der Waals surface area contributed by atoms with Gasteiger partial charge in [-0.05, 0) is 122 Å². The normalized spacial score (nSPS) is 42.5. The first-order valence-corrected chi connectivity index (χ1v) is 13.8. The molecule has 0 aliphatic heterocycles. The quantitative estimate of drug-likeness (QED) is 0.416. The lowest BCUT2D eigenvalue weighted by Gasteiger charge is -2.62. The van der Waals surface area contributed by atoms with Gasteiger partial charge in [-0.2, -0.15) is 5.26 Å². The Morgan fingerprint density at radius 2 is 1.80 bits per heavy atom. The molecule has 0 bridgehead atoms. The molecule has 3 N–H and O–H groups in total. The number of hydrogen-bond acceptors (Lipinski definition) is 6. The van der Waals surface area contributed by atoms with E-state index in [2.05, 4.69) is 18.7 Å². The summed E-state index contributed by atoms with van der Waals surface area (Å²) in [4.78, 5) is 28.3. The van der Waals surface area contributed by atoms with Crippen LogP contribution in [0.2, 0.25) is 0 Å². The van der Waals surface area contributed by atoms with Crippen molar-refractivity contribution in [2.24, 2.45) is 52.1 Å². The van der Waals surface area contributed by atoms with Crippen LogP contribution in [0.25, 0.3) is 0 Å². The van der Waals surface area contributed by atoms with Crippen molar-refractivity contribution in [2.75, 3.05) is 0 Å². The standard InChI is InChI=1S/C29H43NO5/c1-17(2)29(30,26(32)35-33)20-11-13-27(3)19(15-20)6-7-21-23-9-8-22(18-5-10-25(31)34-16-18)28(23,4)14-12-24(21)27/h5,10,16-17,19-24,33H,6-9,11-15,30H2,1-4H3. The van der Waals surface area contributed by atoms with E-state index in [4.69, 9.17) is 15.4 Å². The van der Waals surface area contributed by atoms with Crippen molar-refractivity contribution in [3.63, 3.8) is 0 Å². The summed E-state index contributed by atoms with van der Waals surface area (Å²) in [6, 6.07) is 3.56. The number of rotatable bonds is 4. The van der Waals surface area contributed by atoms with Crippen molar-refractivity contribution in [3.8, 4) is 0 Å². The van der Waals surface area contributed by atoms with Crippen LogP contribution in [-0.2, 0) is 9.68 Å². The maximum Gasteiger partial charge on any atom is 0.362 e. The van der Waals surface area contributed by atoms with Gasteiger partial charge in [0.1, 0.15) is 5.54 Å². The summed E-state index contributed by atoms with van der Waals surface area (Å²) in [6.07, 6.45) is 12.0. The molecule has 0 spiro atoms. The minimum atomic E-state index is -1.14. The number of hydrogen-bond donors (Lipinski definition) is 2. The topological polar surface area (TPSA) is 103 Å². The maximum atomic E-state index is 12.5. The summed E-state index contributed by atoms with van der Waals surface area (Å²) in [5.74, 6) is 2.44. The van der Waals surface area contributed by atoms with E-state index in [1.807, 2.05) is 19.9 Å². The minimum Gasteiger partial charge on any atom is -0.431 e. The highest BCUT2D eigenvalue weighted by molar-refractivity contribution is 5.80. The van der Waals surface area contributed by atoms with Gasteiger partial charge in [-0.1, -0.05) is 27.7 Å². The van der Waals surface area contributed by atoms with Crippen LogP contribution in [0, 0.1) is 46.3 Å². The SMILES string of the molecule is CC(C)C(N)(C(=O)OO)C1CCC2(C)C(CCC3C2CCC2(C)C(c4ccc(=O)oc4)CCC32)C1. The second-order valence-corrected chi connectivity index (χ2v) is 13.2. The molecule has 4 aliphatic carbocycles. The average Bonchev–Trinajstić information content (AvgIpc) is 3.20. The van der Waals surface area contributed by atoms with Gasteiger partial charge >= 0.3 is 11.6 Å². The van der Waals surface area contributed by atoms with Crippen molar-refractivity contribution >= 4 is 5.97 Å². The number of fused-ring (bicyclic) bond motifs is 5. The Morgan fingerprint density at radius 3 is 2.46 bits per heavy atom. The highest BCUT2D eigenvalue weighted by Crippen LogP contribution is 2.69. The molecular weight excluding hydrogens is 442 g/mol. The monoisotopic (exact) mass is 485 g/mol.